The molecule has 0 amide bonds. The van der Waals surface area contributed by atoms with Crippen LogP contribution >= 0.6 is 90.4 Å². The van der Waals surface area contributed by atoms with Crippen molar-refractivity contribution in [3.63, 3.8) is 0 Å². The third-order valence-corrected chi connectivity index (χ3v) is 25.4. The molecule has 5 unspecified atom stereocenters. The highest BCUT2D eigenvalue weighted by molar-refractivity contribution is 14.1. The van der Waals surface area contributed by atoms with E-state index in [9.17, 15) is 10.2 Å². The van der Waals surface area contributed by atoms with Gasteiger partial charge < -0.3 is 19.7 Å². The number of alkyl halides is 4. The second kappa shape index (κ2) is 14.1. The standard InChI is InChI=1S/C37H62I4O4/c1-25(2)11-10-12-26(3)34(38)18-20-36(40)33(34,9)17-19-35(39)32(8)15-14-29(21-27(32)13-16-37(35,36)41)45-31(6,7)24-44-30(4,5)22-28(43)23-42/h13,25-26,28-29,42-43H,10-12,14-24H2,1-9H3/t26-,28?,29?,32?,33?,34+,35+,36+,37?/m1/s1. The zero-order chi connectivity index (χ0) is 33.9. The van der Waals surface area contributed by atoms with Crippen LogP contribution in [0, 0.1) is 22.7 Å². The fourth-order valence-corrected chi connectivity index (χ4v) is 17.5. The quantitative estimate of drug-likeness (QED) is 0.110. The molecule has 0 saturated heterocycles. The van der Waals surface area contributed by atoms with Gasteiger partial charge in [-0.3, -0.25) is 0 Å². The minimum absolute atomic E-state index is 0.175. The number of ether oxygens (including phenoxy) is 2. The lowest BCUT2D eigenvalue weighted by Crippen LogP contribution is -2.74. The van der Waals surface area contributed by atoms with E-state index >= 15 is 0 Å². The number of aliphatic hydroxyl groups excluding tert-OH is 2. The molecule has 2 N–H and O–H groups in total. The van der Waals surface area contributed by atoms with E-state index in [4.69, 9.17) is 9.47 Å². The SMILES string of the molecule is CC(C)CCC[C@@H](C)[C@@]1(I)CC[C@@]2(I)C3(I)CC=C4CC(OC(C)(C)COC(C)(C)CC(O)CO)CCC4(C)[C@@]3(I)CCC21C. The predicted molar refractivity (Wildman–Crippen MR) is 223 cm³/mol. The van der Waals surface area contributed by atoms with E-state index < -0.39 is 17.3 Å². The predicted octanol–water partition coefficient (Wildman–Crippen LogP) is 11.0. The van der Waals surface area contributed by atoms with Crippen LogP contribution in [0.1, 0.15) is 139 Å². The fourth-order valence-electron chi connectivity index (χ4n) is 9.95. The van der Waals surface area contributed by atoms with Crippen molar-refractivity contribution in [1.29, 1.82) is 0 Å². The Hall–Kier alpha value is 2.50. The van der Waals surface area contributed by atoms with Crippen LogP contribution in [0.5, 0.6) is 0 Å². The van der Waals surface area contributed by atoms with Crippen molar-refractivity contribution in [3.8, 4) is 0 Å². The molecule has 9 atom stereocenters. The van der Waals surface area contributed by atoms with Crippen molar-refractivity contribution in [3.05, 3.63) is 11.6 Å². The van der Waals surface area contributed by atoms with Gasteiger partial charge in [-0.1, -0.05) is 149 Å². The molecule has 0 spiro atoms. The van der Waals surface area contributed by atoms with Crippen molar-refractivity contribution in [2.75, 3.05) is 13.2 Å². The Morgan fingerprint density at radius 1 is 0.889 bits per heavy atom. The first-order valence-electron chi connectivity index (χ1n) is 17.6. The smallest absolute Gasteiger partial charge is 0.0863 e. The lowest BCUT2D eigenvalue weighted by atomic mass is 9.46. The summed E-state index contributed by atoms with van der Waals surface area (Å²) in [7, 11) is 0. The highest BCUT2D eigenvalue weighted by Crippen LogP contribution is 2.81. The Morgan fingerprint density at radius 2 is 1.53 bits per heavy atom. The van der Waals surface area contributed by atoms with Gasteiger partial charge in [-0.25, -0.2) is 0 Å². The van der Waals surface area contributed by atoms with Crippen LogP contribution in [-0.2, 0) is 9.47 Å². The molecule has 4 nitrogen and oxygen atoms in total. The minimum Gasteiger partial charge on any atom is -0.394 e. The third kappa shape index (κ3) is 7.02. The number of fused-ring (bicyclic) bond motifs is 5. The molecule has 3 saturated carbocycles. The Labute approximate surface area is 330 Å². The maximum Gasteiger partial charge on any atom is 0.0863 e. The van der Waals surface area contributed by atoms with E-state index in [1.54, 1.807) is 5.57 Å². The maximum absolute atomic E-state index is 9.95. The second-order valence-corrected chi connectivity index (χ2v) is 24.9. The first kappa shape index (κ1) is 40.3. The highest BCUT2D eigenvalue weighted by Gasteiger charge is 2.79. The van der Waals surface area contributed by atoms with E-state index in [0.29, 0.717) is 21.9 Å². The van der Waals surface area contributed by atoms with Crippen LogP contribution in [0.4, 0.5) is 0 Å². The summed E-state index contributed by atoms with van der Waals surface area (Å²) in [6, 6.07) is 0. The normalized spacial score (nSPS) is 41.7. The van der Waals surface area contributed by atoms with Crippen molar-refractivity contribution >= 4 is 90.4 Å². The largest absolute Gasteiger partial charge is 0.394 e. The Balaban J connectivity index is 1.52. The van der Waals surface area contributed by atoms with Crippen LogP contribution in [0.15, 0.2) is 11.6 Å². The first-order chi connectivity index (χ1) is 20.6. The lowest BCUT2D eigenvalue weighted by Gasteiger charge is -2.71. The van der Waals surface area contributed by atoms with Gasteiger partial charge in [0.15, 0.2) is 0 Å². The summed E-state index contributed by atoms with van der Waals surface area (Å²) in [5.41, 5.74) is 1.18. The molecule has 0 aromatic heterocycles. The summed E-state index contributed by atoms with van der Waals surface area (Å²) in [5, 5.41) is 19.2. The van der Waals surface area contributed by atoms with E-state index in [1.165, 1.54) is 51.4 Å². The molecule has 3 fully saturated rings. The van der Waals surface area contributed by atoms with Gasteiger partial charge in [-0.2, -0.15) is 0 Å². The molecule has 0 aromatic rings. The number of hydrogen-bond donors (Lipinski definition) is 2. The summed E-state index contributed by atoms with van der Waals surface area (Å²) < 4.78 is 14.1. The van der Waals surface area contributed by atoms with Gasteiger partial charge in [0, 0.05) is 22.1 Å². The highest BCUT2D eigenvalue weighted by atomic mass is 127. The number of allylic oxidation sites excluding steroid dienone is 1. The molecule has 45 heavy (non-hydrogen) atoms. The third-order valence-electron chi connectivity index (χ3n) is 12.9. The Morgan fingerprint density at radius 3 is 2.16 bits per heavy atom. The molecule has 0 radical (unpaired) electrons. The monoisotopic (exact) mass is 1080 g/mol. The zero-order valence-corrected chi connectivity index (χ0v) is 38.1. The van der Waals surface area contributed by atoms with Crippen LogP contribution < -0.4 is 0 Å². The van der Waals surface area contributed by atoms with Gasteiger partial charge in [0.05, 0.1) is 40.0 Å². The van der Waals surface area contributed by atoms with Crippen molar-refractivity contribution < 1.29 is 19.7 Å². The molecule has 0 bridgehead atoms. The second-order valence-electron chi connectivity index (χ2n) is 17.4. The van der Waals surface area contributed by atoms with E-state index in [0.717, 1.165) is 31.1 Å². The fraction of sp³-hybridized carbons (Fsp3) is 0.946. The van der Waals surface area contributed by atoms with Crippen LogP contribution in [0.3, 0.4) is 0 Å². The van der Waals surface area contributed by atoms with E-state index in [-0.39, 0.29) is 28.4 Å². The van der Waals surface area contributed by atoms with Gasteiger partial charge in [0.2, 0.25) is 0 Å². The first-order valence-corrected chi connectivity index (χ1v) is 21.9. The minimum atomic E-state index is -0.765. The molecule has 4 rings (SSSR count). The molecule has 262 valence electrons. The van der Waals surface area contributed by atoms with Crippen LogP contribution in [0.2, 0.25) is 0 Å². The van der Waals surface area contributed by atoms with Crippen molar-refractivity contribution in [1.82, 2.24) is 0 Å². The molecular weight excluding hydrogens is 1020 g/mol. The van der Waals surface area contributed by atoms with Gasteiger partial charge in [-0.05, 0) is 103 Å². The summed E-state index contributed by atoms with van der Waals surface area (Å²) >= 11 is 12.0. The lowest BCUT2D eigenvalue weighted by molar-refractivity contribution is -0.158. The van der Waals surface area contributed by atoms with Crippen molar-refractivity contribution in [2.24, 2.45) is 22.7 Å². The molecule has 0 aromatic carbocycles. The molecule has 0 aliphatic heterocycles. The number of rotatable bonds is 13. The van der Waals surface area contributed by atoms with Crippen LogP contribution in [0.25, 0.3) is 0 Å². The number of halogens is 4. The van der Waals surface area contributed by atoms with Gasteiger partial charge in [-0.15, -0.1) is 0 Å². The van der Waals surface area contributed by atoms with Gasteiger partial charge in [0.25, 0.3) is 0 Å². The molecule has 4 aliphatic rings. The zero-order valence-electron chi connectivity index (χ0n) is 29.5. The van der Waals surface area contributed by atoms with Gasteiger partial charge >= 0.3 is 0 Å². The summed E-state index contributed by atoms with van der Waals surface area (Å²) in [6.07, 6.45) is 16.3. The topological polar surface area (TPSA) is 58.9 Å². The number of hydrogen-bond acceptors (Lipinski definition) is 4. The Bertz CT molecular complexity index is 1100. The number of aliphatic hydroxyl groups is 2. The summed E-state index contributed by atoms with van der Waals surface area (Å²) in [6.45, 7) is 21.1. The van der Waals surface area contributed by atoms with E-state index in [2.05, 4.69) is 145 Å². The van der Waals surface area contributed by atoms with Crippen LogP contribution in [-0.4, -0.2) is 60.5 Å². The average molecular weight is 1080 g/mol. The van der Waals surface area contributed by atoms with Gasteiger partial charge in [0.1, 0.15) is 0 Å². The molecule has 8 heteroatoms. The average Bonchev–Trinajstić information content (AvgIpc) is 3.17. The summed E-state index contributed by atoms with van der Waals surface area (Å²) in [4.78, 5) is 0. The summed E-state index contributed by atoms with van der Waals surface area (Å²) in [5.74, 6) is 1.54. The Kier molecular flexibility index (Phi) is 12.7. The maximum atomic E-state index is 9.95. The molecule has 0 heterocycles. The molecular formula is C37H62I4O4. The van der Waals surface area contributed by atoms with E-state index in [1.807, 2.05) is 13.8 Å². The molecule has 4 aliphatic carbocycles. The van der Waals surface area contributed by atoms with Crippen molar-refractivity contribution in [2.45, 2.75) is 176 Å².